The maximum atomic E-state index is 3.69. The van der Waals surface area contributed by atoms with Crippen molar-refractivity contribution in [3.8, 4) is 0 Å². The summed E-state index contributed by atoms with van der Waals surface area (Å²) in [6.45, 7) is 4.43. The molecule has 0 bridgehead atoms. The van der Waals surface area contributed by atoms with Crippen LogP contribution < -0.4 is 0 Å². The Balaban J connectivity index is 1.89. The molecular weight excluding hydrogens is 322 g/mol. The Labute approximate surface area is 133 Å². The molecule has 106 valence electrons. The zero-order chi connectivity index (χ0) is 14.6. The van der Waals surface area contributed by atoms with Gasteiger partial charge in [-0.1, -0.05) is 40.2 Å². The van der Waals surface area contributed by atoms with Crippen molar-refractivity contribution in [1.82, 2.24) is 4.57 Å². The minimum absolute atomic E-state index is 0.541. The summed E-state index contributed by atoms with van der Waals surface area (Å²) in [4.78, 5) is 0. The maximum Gasteiger partial charge on any atom is 0.0416 e. The van der Waals surface area contributed by atoms with Gasteiger partial charge in [0.15, 0.2) is 0 Å². The topological polar surface area (TPSA) is 4.93 Å². The van der Waals surface area contributed by atoms with Crippen molar-refractivity contribution in [1.29, 1.82) is 0 Å². The number of aromatic nitrogens is 1. The molecule has 1 nitrogen and oxygen atoms in total. The third kappa shape index (κ3) is 1.96. The number of hydrogen-bond donors (Lipinski definition) is 0. The lowest BCUT2D eigenvalue weighted by Gasteiger charge is -2.29. The van der Waals surface area contributed by atoms with Gasteiger partial charge in [-0.3, -0.25) is 0 Å². The molecule has 1 unspecified atom stereocenters. The molecule has 2 heteroatoms. The molecule has 1 aliphatic rings. The van der Waals surface area contributed by atoms with E-state index in [1.807, 2.05) is 0 Å². The van der Waals surface area contributed by atoms with E-state index in [0.717, 1.165) is 12.8 Å². The van der Waals surface area contributed by atoms with Crippen molar-refractivity contribution < 1.29 is 0 Å². The van der Waals surface area contributed by atoms with E-state index in [9.17, 15) is 0 Å². The molecule has 0 aliphatic heterocycles. The van der Waals surface area contributed by atoms with E-state index in [1.165, 1.54) is 37.8 Å². The molecule has 0 spiro atoms. The van der Waals surface area contributed by atoms with Gasteiger partial charge >= 0.3 is 0 Å². The van der Waals surface area contributed by atoms with Crippen molar-refractivity contribution in [2.75, 3.05) is 0 Å². The Morgan fingerprint density at radius 1 is 0.905 bits per heavy atom. The molecule has 3 aromatic rings. The number of hydrogen-bond acceptors (Lipinski definition) is 0. The molecule has 0 saturated carbocycles. The van der Waals surface area contributed by atoms with Gasteiger partial charge in [0.25, 0.3) is 0 Å². The van der Waals surface area contributed by atoms with E-state index in [2.05, 4.69) is 76.8 Å². The predicted molar refractivity (Wildman–Crippen MR) is 92.0 cm³/mol. The van der Waals surface area contributed by atoms with E-state index in [4.69, 9.17) is 0 Å². The third-order valence-corrected chi connectivity index (χ3v) is 5.45. The second kappa shape index (κ2) is 4.74. The van der Waals surface area contributed by atoms with Crippen LogP contribution in [0.4, 0.5) is 0 Å². The molecule has 0 fully saturated rings. The molecule has 1 aromatic heterocycles. The number of rotatable bonds is 1. The maximum absolute atomic E-state index is 3.69. The average molecular weight is 340 g/mol. The van der Waals surface area contributed by atoms with Gasteiger partial charge in [-0.2, -0.15) is 0 Å². The molecule has 1 heterocycles. The van der Waals surface area contributed by atoms with Gasteiger partial charge in [-0.05, 0) is 66.8 Å². The summed E-state index contributed by atoms with van der Waals surface area (Å²) in [6, 6.07) is 16.2. The van der Waals surface area contributed by atoms with Crippen LogP contribution >= 0.6 is 15.9 Å². The fourth-order valence-corrected chi connectivity index (χ4v) is 4.35. The highest BCUT2D eigenvalue weighted by atomic mass is 79.9. The Morgan fingerprint density at radius 2 is 1.57 bits per heavy atom. The highest BCUT2D eigenvalue weighted by Gasteiger charge is 2.23. The quantitative estimate of drug-likeness (QED) is 0.562. The van der Waals surface area contributed by atoms with Crippen molar-refractivity contribution in [3.63, 3.8) is 0 Å². The average Bonchev–Trinajstić information content (AvgIpc) is 2.82. The Hall–Kier alpha value is -1.54. The third-order valence-electron chi connectivity index (χ3n) is 4.76. The lowest BCUT2D eigenvalue weighted by atomic mass is 9.85. The van der Waals surface area contributed by atoms with Crippen LogP contribution in [0.2, 0.25) is 0 Å². The van der Waals surface area contributed by atoms with Gasteiger partial charge < -0.3 is 4.57 Å². The highest BCUT2D eigenvalue weighted by Crippen LogP contribution is 2.38. The molecule has 21 heavy (non-hydrogen) atoms. The molecule has 0 amide bonds. The van der Waals surface area contributed by atoms with Gasteiger partial charge in [0.05, 0.1) is 0 Å². The Morgan fingerprint density at radius 3 is 2.29 bits per heavy atom. The van der Waals surface area contributed by atoms with Crippen molar-refractivity contribution in [2.24, 2.45) is 0 Å². The fraction of sp³-hybridized carbons (Fsp3) is 0.263. The van der Waals surface area contributed by atoms with Crippen molar-refractivity contribution in [2.45, 2.75) is 32.7 Å². The second-order valence-corrected chi connectivity index (χ2v) is 6.95. The van der Waals surface area contributed by atoms with Gasteiger partial charge in [0, 0.05) is 21.9 Å². The number of aryl methyl sites for hydroxylation is 2. The summed E-state index contributed by atoms with van der Waals surface area (Å²) < 4.78 is 3.71. The first-order chi connectivity index (χ1) is 10.1. The van der Waals surface area contributed by atoms with Crippen LogP contribution in [0.15, 0.2) is 46.9 Å². The summed E-state index contributed by atoms with van der Waals surface area (Å²) in [5.74, 6) is 0. The first kappa shape index (κ1) is 13.1. The summed E-state index contributed by atoms with van der Waals surface area (Å²) in [5, 5.41) is 2.81. The molecule has 1 atom stereocenters. The smallest absolute Gasteiger partial charge is 0.0416 e. The highest BCUT2D eigenvalue weighted by molar-refractivity contribution is 9.10. The predicted octanol–water partition coefficient (Wildman–Crippen LogP) is 5.36. The van der Waals surface area contributed by atoms with Crippen LogP contribution in [0.5, 0.6) is 0 Å². The van der Waals surface area contributed by atoms with Gasteiger partial charge in [0.2, 0.25) is 0 Å². The normalized spacial score (nSPS) is 17.4. The van der Waals surface area contributed by atoms with Crippen LogP contribution in [-0.2, 0) is 12.8 Å². The fourth-order valence-electron chi connectivity index (χ4n) is 3.88. The molecule has 0 radical (unpaired) electrons. The summed E-state index contributed by atoms with van der Waals surface area (Å²) in [7, 11) is 0. The largest absolute Gasteiger partial charge is 0.346 e. The Bertz CT molecular complexity index is 812. The molecule has 2 aromatic carbocycles. The molecule has 1 aliphatic carbocycles. The number of benzene rings is 2. The number of halogens is 1. The lowest BCUT2D eigenvalue weighted by Crippen LogP contribution is -2.20. The molecular formula is C19H18BrN. The lowest BCUT2D eigenvalue weighted by molar-refractivity contribution is 0.474. The summed E-state index contributed by atoms with van der Waals surface area (Å²) in [6.07, 6.45) is 2.24. The van der Waals surface area contributed by atoms with Crippen LogP contribution in [0.1, 0.15) is 28.6 Å². The monoisotopic (exact) mass is 339 g/mol. The van der Waals surface area contributed by atoms with Crippen LogP contribution in [0, 0.1) is 13.8 Å². The van der Waals surface area contributed by atoms with Crippen LogP contribution in [0.3, 0.4) is 0 Å². The zero-order valence-electron chi connectivity index (χ0n) is 12.4. The van der Waals surface area contributed by atoms with Gasteiger partial charge in [0.1, 0.15) is 0 Å². The second-order valence-electron chi connectivity index (χ2n) is 6.09. The van der Waals surface area contributed by atoms with E-state index >= 15 is 0 Å². The first-order valence-corrected chi connectivity index (χ1v) is 8.28. The van der Waals surface area contributed by atoms with Crippen LogP contribution in [0.25, 0.3) is 10.8 Å². The molecule has 4 rings (SSSR count). The minimum atomic E-state index is 0.541. The van der Waals surface area contributed by atoms with Crippen molar-refractivity contribution >= 4 is 26.7 Å². The summed E-state index contributed by atoms with van der Waals surface area (Å²) in [5.41, 5.74) is 5.69. The SMILES string of the molecule is Cc1ccc(C)n1C1Cc2cccc3c(Br)ccc(c23)C1. The van der Waals surface area contributed by atoms with Crippen LogP contribution in [-0.4, -0.2) is 4.57 Å². The standard InChI is InChI=1S/C19H18BrN/c1-12-6-7-13(2)21(12)16-10-14-4-3-5-17-18(20)9-8-15(11-16)19(14)17/h3-9,16H,10-11H2,1-2H3. The van der Waals surface area contributed by atoms with E-state index in [-0.39, 0.29) is 0 Å². The van der Waals surface area contributed by atoms with E-state index < -0.39 is 0 Å². The van der Waals surface area contributed by atoms with Gasteiger partial charge in [-0.25, -0.2) is 0 Å². The first-order valence-electron chi connectivity index (χ1n) is 7.48. The van der Waals surface area contributed by atoms with Crippen molar-refractivity contribution in [3.05, 3.63) is 69.5 Å². The van der Waals surface area contributed by atoms with E-state index in [1.54, 1.807) is 0 Å². The molecule has 0 N–H and O–H groups in total. The molecule has 0 saturated heterocycles. The van der Waals surface area contributed by atoms with Gasteiger partial charge in [-0.15, -0.1) is 0 Å². The minimum Gasteiger partial charge on any atom is -0.346 e. The summed E-state index contributed by atoms with van der Waals surface area (Å²) >= 11 is 3.69. The van der Waals surface area contributed by atoms with E-state index in [0.29, 0.717) is 6.04 Å². The number of nitrogens with zero attached hydrogens (tertiary/aromatic N) is 1. The zero-order valence-corrected chi connectivity index (χ0v) is 13.9. The Kier molecular flexibility index (Phi) is 2.97.